The number of hydrogen-bond acceptors (Lipinski definition) is 2. The summed E-state index contributed by atoms with van der Waals surface area (Å²) < 4.78 is 0. The molecular weight excluding hydrogens is 246 g/mol. The molecule has 2 nitrogen and oxygen atoms in total. The Morgan fingerprint density at radius 1 is 1.00 bits per heavy atom. The van der Waals surface area contributed by atoms with E-state index in [1.807, 2.05) is 0 Å². The number of rotatable bonds is 1. The maximum absolute atomic E-state index is 9.84. The highest BCUT2D eigenvalue weighted by Crippen LogP contribution is 2.48. The summed E-state index contributed by atoms with van der Waals surface area (Å²) in [4.78, 5) is 2.24. The largest absolute Gasteiger partial charge is 0.381 e. The van der Waals surface area contributed by atoms with Gasteiger partial charge in [-0.2, -0.15) is 0 Å². The monoisotopic (exact) mass is 265 g/mol. The fourth-order valence-electron chi connectivity index (χ4n) is 4.13. The Hall–Kier alpha value is -1.64. The van der Waals surface area contributed by atoms with Crippen LogP contribution in [0.1, 0.15) is 41.1 Å². The Kier molecular flexibility index (Phi) is 2.69. The van der Waals surface area contributed by atoms with Gasteiger partial charge in [-0.25, -0.2) is 0 Å². The molecule has 2 heteroatoms. The summed E-state index contributed by atoms with van der Waals surface area (Å²) in [5.41, 5.74) is 5.70. The molecule has 0 amide bonds. The summed E-state index contributed by atoms with van der Waals surface area (Å²) in [5, 5.41) is 9.84. The molecule has 3 aliphatic rings. The first-order valence-corrected chi connectivity index (χ1v) is 7.34. The van der Waals surface area contributed by atoms with Gasteiger partial charge in [-0.1, -0.05) is 48.5 Å². The highest BCUT2D eigenvalue weighted by Gasteiger charge is 2.42. The molecule has 2 heterocycles. The SMILES string of the molecule is C[C@H]1[C@@H]2c3ccccc3C[C@H](c3ccccc32)N1CO. The Morgan fingerprint density at radius 2 is 1.65 bits per heavy atom. The first-order chi connectivity index (χ1) is 9.81. The van der Waals surface area contributed by atoms with Crippen molar-refractivity contribution >= 4 is 0 Å². The van der Waals surface area contributed by atoms with Crippen LogP contribution in [0, 0.1) is 0 Å². The van der Waals surface area contributed by atoms with Gasteiger partial charge in [0.05, 0.1) is 6.73 Å². The van der Waals surface area contributed by atoms with E-state index in [1.54, 1.807) is 0 Å². The lowest BCUT2D eigenvalue weighted by molar-refractivity contribution is 0.0233. The second-order valence-electron chi connectivity index (χ2n) is 5.92. The molecule has 2 aromatic rings. The highest BCUT2D eigenvalue weighted by molar-refractivity contribution is 5.49. The van der Waals surface area contributed by atoms with E-state index in [1.165, 1.54) is 22.3 Å². The summed E-state index contributed by atoms with van der Waals surface area (Å²) in [5.74, 6) is 0.369. The standard InChI is InChI=1S/C18H19NO/c1-12-18-14-7-3-2-6-13(14)10-17(19(12)11-20)15-8-4-5-9-16(15)18/h2-9,12,17-18,20H,10-11H2,1H3/t12-,17+,18+/m0/s1. The number of benzene rings is 2. The molecule has 20 heavy (non-hydrogen) atoms. The lowest BCUT2D eigenvalue weighted by atomic mass is 9.79. The van der Waals surface area contributed by atoms with E-state index in [0.717, 1.165) is 6.42 Å². The van der Waals surface area contributed by atoms with Crippen LogP contribution in [-0.2, 0) is 6.42 Å². The Morgan fingerprint density at radius 3 is 2.40 bits per heavy atom. The van der Waals surface area contributed by atoms with Gasteiger partial charge >= 0.3 is 0 Å². The quantitative estimate of drug-likeness (QED) is 0.856. The molecule has 0 radical (unpaired) electrons. The van der Waals surface area contributed by atoms with Crippen LogP contribution in [0.4, 0.5) is 0 Å². The summed E-state index contributed by atoms with van der Waals surface area (Å²) >= 11 is 0. The van der Waals surface area contributed by atoms with E-state index in [-0.39, 0.29) is 6.73 Å². The predicted octanol–water partition coefficient (Wildman–Crippen LogP) is 3.07. The Labute approximate surface area is 119 Å². The zero-order valence-electron chi connectivity index (χ0n) is 11.7. The number of fused-ring (bicyclic) bond motifs is 1. The molecule has 1 N–H and O–H groups in total. The fraction of sp³-hybridized carbons (Fsp3) is 0.333. The molecule has 2 bridgehead atoms. The van der Waals surface area contributed by atoms with Crippen LogP contribution in [0.25, 0.3) is 0 Å². The first-order valence-electron chi connectivity index (χ1n) is 7.34. The van der Waals surface area contributed by atoms with Gasteiger partial charge in [0, 0.05) is 18.0 Å². The van der Waals surface area contributed by atoms with Gasteiger partial charge in [-0.05, 0) is 35.6 Å². The molecule has 0 aromatic heterocycles. The molecule has 0 fully saturated rings. The van der Waals surface area contributed by atoms with E-state index in [4.69, 9.17) is 0 Å². The van der Waals surface area contributed by atoms with E-state index in [0.29, 0.717) is 18.0 Å². The summed E-state index contributed by atoms with van der Waals surface area (Å²) in [7, 11) is 0. The minimum atomic E-state index is 0.130. The zero-order valence-corrected chi connectivity index (χ0v) is 11.7. The van der Waals surface area contributed by atoms with Crippen LogP contribution >= 0.6 is 0 Å². The molecule has 1 aliphatic carbocycles. The van der Waals surface area contributed by atoms with Crippen molar-refractivity contribution in [3.05, 3.63) is 70.8 Å². The molecular formula is C18H19NO. The van der Waals surface area contributed by atoms with Gasteiger partial charge in [0.2, 0.25) is 0 Å². The molecule has 5 rings (SSSR count). The van der Waals surface area contributed by atoms with Gasteiger partial charge < -0.3 is 5.11 Å². The van der Waals surface area contributed by atoms with Crippen LogP contribution in [0.3, 0.4) is 0 Å². The predicted molar refractivity (Wildman–Crippen MR) is 79.6 cm³/mol. The van der Waals surface area contributed by atoms with Crippen LogP contribution in [0.2, 0.25) is 0 Å². The van der Waals surface area contributed by atoms with Crippen LogP contribution in [-0.4, -0.2) is 22.8 Å². The van der Waals surface area contributed by atoms with Crippen molar-refractivity contribution in [2.45, 2.75) is 31.3 Å². The van der Waals surface area contributed by atoms with Crippen molar-refractivity contribution in [3.63, 3.8) is 0 Å². The third-order valence-corrected chi connectivity index (χ3v) is 5.06. The average molecular weight is 265 g/mol. The van der Waals surface area contributed by atoms with Crippen molar-refractivity contribution in [1.29, 1.82) is 0 Å². The zero-order chi connectivity index (χ0) is 13.7. The summed E-state index contributed by atoms with van der Waals surface area (Å²) in [6.07, 6.45) is 0.995. The molecule has 102 valence electrons. The van der Waals surface area contributed by atoms with Crippen molar-refractivity contribution in [2.75, 3.05) is 6.73 Å². The molecule has 2 aliphatic heterocycles. The smallest absolute Gasteiger partial charge is 0.0964 e. The van der Waals surface area contributed by atoms with Gasteiger partial charge in [0.15, 0.2) is 0 Å². The maximum Gasteiger partial charge on any atom is 0.0964 e. The Bertz CT molecular complexity index is 651. The number of aliphatic hydroxyl groups excluding tert-OH is 1. The Balaban J connectivity index is 2.01. The van der Waals surface area contributed by atoms with Crippen molar-refractivity contribution in [1.82, 2.24) is 4.90 Å². The van der Waals surface area contributed by atoms with E-state index < -0.39 is 0 Å². The number of nitrogens with zero attached hydrogens (tertiary/aromatic N) is 1. The molecule has 3 atom stereocenters. The van der Waals surface area contributed by atoms with E-state index in [9.17, 15) is 5.11 Å². The lowest BCUT2D eigenvalue weighted by Crippen LogP contribution is -2.44. The van der Waals surface area contributed by atoms with E-state index >= 15 is 0 Å². The van der Waals surface area contributed by atoms with Gasteiger partial charge in [-0.3, -0.25) is 4.90 Å². The summed E-state index contributed by atoms with van der Waals surface area (Å²) in [6.45, 7) is 2.37. The topological polar surface area (TPSA) is 23.5 Å². The van der Waals surface area contributed by atoms with Gasteiger partial charge in [0.1, 0.15) is 0 Å². The van der Waals surface area contributed by atoms with Crippen LogP contribution in [0.15, 0.2) is 48.5 Å². The fourth-order valence-corrected chi connectivity index (χ4v) is 4.13. The molecule has 0 saturated heterocycles. The maximum atomic E-state index is 9.84. The lowest BCUT2D eigenvalue weighted by Gasteiger charge is -2.42. The minimum Gasteiger partial charge on any atom is -0.381 e. The van der Waals surface area contributed by atoms with Gasteiger partial charge in [-0.15, -0.1) is 0 Å². The molecule has 0 saturated carbocycles. The van der Waals surface area contributed by atoms with E-state index in [2.05, 4.69) is 60.4 Å². The summed E-state index contributed by atoms with van der Waals surface area (Å²) in [6, 6.07) is 18.1. The van der Waals surface area contributed by atoms with Crippen LogP contribution in [0.5, 0.6) is 0 Å². The number of hydrogen-bond donors (Lipinski definition) is 1. The third kappa shape index (κ3) is 1.52. The number of aliphatic hydroxyl groups is 1. The second-order valence-corrected chi connectivity index (χ2v) is 5.92. The molecule has 0 unspecified atom stereocenters. The normalized spacial score (nSPS) is 27.8. The van der Waals surface area contributed by atoms with Crippen molar-refractivity contribution in [3.8, 4) is 0 Å². The van der Waals surface area contributed by atoms with Crippen LogP contribution < -0.4 is 0 Å². The third-order valence-electron chi connectivity index (χ3n) is 5.06. The molecule has 0 spiro atoms. The second kappa shape index (κ2) is 4.44. The minimum absolute atomic E-state index is 0.130. The van der Waals surface area contributed by atoms with Gasteiger partial charge in [0.25, 0.3) is 0 Å². The molecule has 2 aromatic carbocycles. The average Bonchev–Trinajstić information content (AvgIpc) is 2.70. The van der Waals surface area contributed by atoms with Crippen molar-refractivity contribution in [2.24, 2.45) is 0 Å². The first kappa shape index (κ1) is 12.1. The van der Waals surface area contributed by atoms with Crippen molar-refractivity contribution < 1.29 is 5.11 Å². The highest BCUT2D eigenvalue weighted by atomic mass is 16.3.